The Balaban J connectivity index is 1.65. The van der Waals surface area contributed by atoms with Crippen molar-refractivity contribution in [2.24, 2.45) is 5.41 Å². The smallest absolute Gasteiger partial charge is 0.240 e. The molecule has 2 aromatic rings. The molecule has 2 amide bonds. The Kier molecular flexibility index (Phi) is 5.07. The van der Waals surface area contributed by atoms with Crippen molar-refractivity contribution in [3.63, 3.8) is 0 Å². The molecule has 1 heterocycles. The SMILES string of the molecule is Cc1cccc(C)c1NC(=O)C1(C(=O)N(C)CCc2ccncc2)CC1. The first-order chi connectivity index (χ1) is 12.4. The first-order valence-electron chi connectivity index (χ1n) is 8.96. The molecule has 0 radical (unpaired) electrons. The fourth-order valence-electron chi connectivity index (χ4n) is 3.22. The highest BCUT2D eigenvalue weighted by Crippen LogP contribution is 2.48. The summed E-state index contributed by atoms with van der Waals surface area (Å²) in [6, 6.07) is 9.78. The van der Waals surface area contributed by atoms with Crippen LogP contribution in [0.15, 0.2) is 42.7 Å². The third-order valence-corrected chi connectivity index (χ3v) is 5.15. The predicted molar refractivity (Wildman–Crippen MR) is 102 cm³/mol. The third-order valence-electron chi connectivity index (χ3n) is 5.15. The zero-order valence-corrected chi connectivity index (χ0v) is 15.6. The van der Waals surface area contributed by atoms with E-state index in [1.165, 1.54) is 0 Å². The molecule has 0 bridgehead atoms. The molecule has 1 N–H and O–H groups in total. The van der Waals surface area contributed by atoms with Crippen LogP contribution in [0.3, 0.4) is 0 Å². The molecular formula is C21H25N3O2. The number of aryl methyl sites for hydroxylation is 2. The fourth-order valence-corrected chi connectivity index (χ4v) is 3.22. The Morgan fingerprint density at radius 2 is 1.73 bits per heavy atom. The molecular weight excluding hydrogens is 326 g/mol. The number of pyridine rings is 1. The summed E-state index contributed by atoms with van der Waals surface area (Å²) in [6.07, 6.45) is 5.47. The van der Waals surface area contributed by atoms with Crippen LogP contribution in [0.5, 0.6) is 0 Å². The van der Waals surface area contributed by atoms with Crippen LogP contribution in [0.2, 0.25) is 0 Å². The Hall–Kier alpha value is -2.69. The zero-order chi connectivity index (χ0) is 18.7. The zero-order valence-electron chi connectivity index (χ0n) is 15.6. The number of benzene rings is 1. The van der Waals surface area contributed by atoms with E-state index in [0.717, 1.165) is 28.8 Å². The van der Waals surface area contributed by atoms with Gasteiger partial charge in [0.05, 0.1) is 0 Å². The molecule has 0 atom stereocenters. The van der Waals surface area contributed by atoms with Gasteiger partial charge in [-0.25, -0.2) is 0 Å². The maximum absolute atomic E-state index is 12.9. The van der Waals surface area contributed by atoms with Crippen LogP contribution in [0.4, 0.5) is 5.69 Å². The fraction of sp³-hybridized carbons (Fsp3) is 0.381. The summed E-state index contributed by atoms with van der Waals surface area (Å²) >= 11 is 0. The summed E-state index contributed by atoms with van der Waals surface area (Å²) in [6.45, 7) is 4.51. The van der Waals surface area contributed by atoms with Gasteiger partial charge in [0, 0.05) is 31.7 Å². The molecule has 1 aliphatic rings. The summed E-state index contributed by atoms with van der Waals surface area (Å²) in [5.41, 5.74) is 3.06. The number of nitrogens with zero attached hydrogens (tertiary/aromatic N) is 2. The second-order valence-corrected chi connectivity index (χ2v) is 7.14. The molecule has 0 aliphatic heterocycles. The van der Waals surface area contributed by atoms with Gasteiger partial charge in [-0.1, -0.05) is 18.2 Å². The number of likely N-dealkylation sites (N-methyl/N-ethyl adjacent to an activating group) is 1. The van der Waals surface area contributed by atoms with E-state index in [1.54, 1.807) is 24.3 Å². The number of aromatic nitrogens is 1. The van der Waals surface area contributed by atoms with Gasteiger partial charge in [0.25, 0.3) is 0 Å². The Labute approximate surface area is 154 Å². The van der Waals surface area contributed by atoms with Crippen molar-refractivity contribution >= 4 is 17.5 Å². The number of para-hydroxylation sites is 1. The van der Waals surface area contributed by atoms with Crippen molar-refractivity contribution in [3.8, 4) is 0 Å². The van der Waals surface area contributed by atoms with E-state index in [0.29, 0.717) is 19.4 Å². The lowest BCUT2D eigenvalue weighted by molar-refractivity contribution is -0.141. The summed E-state index contributed by atoms with van der Waals surface area (Å²) in [4.78, 5) is 31.4. The minimum atomic E-state index is -0.901. The highest BCUT2D eigenvalue weighted by atomic mass is 16.2. The van der Waals surface area contributed by atoms with Crippen molar-refractivity contribution in [2.45, 2.75) is 33.1 Å². The van der Waals surface area contributed by atoms with Gasteiger partial charge in [-0.05, 0) is 61.9 Å². The lowest BCUT2D eigenvalue weighted by atomic mass is 10.0. The molecule has 5 heteroatoms. The maximum atomic E-state index is 12.9. The first-order valence-corrected chi connectivity index (χ1v) is 8.96. The molecule has 136 valence electrons. The van der Waals surface area contributed by atoms with E-state index in [2.05, 4.69) is 10.3 Å². The molecule has 1 saturated carbocycles. The normalized spacial score (nSPS) is 14.6. The van der Waals surface area contributed by atoms with E-state index in [9.17, 15) is 9.59 Å². The summed E-state index contributed by atoms with van der Waals surface area (Å²) in [5, 5.41) is 3.00. The number of carbonyl (C=O) groups is 2. The number of nitrogens with one attached hydrogen (secondary N) is 1. The van der Waals surface area contributed by atoms with Crippen molar-refractivity contribution in [3.05, 3.63) is 59.4 Å². The lowest BCUT2D eigenvalue weighted by Crippen LogP contribution is -2.42. The molecule has 3 rings (SSSR count). The largest absolute Gasteiger partial charge is 0.344 e. The number of anilines is 1. The van der Waals surface area contributed by atoms with E-state index in [1.807, 2.05) is 44.2 Å². The van der Waals surface area contributed by atoms with Gasteiger partial charge in [-0.3, -0.25) is 14.6 Å². The topological polar surface area (TPSA) is 62.3 Å². The summed E-state index contributed by atoms with van der Waals surface area (Å²) in [5.74, 6) is -0.272. The molecule has 0 spiro atoms. The summed E-state index contributed by atoms with van der Waals surface area (Å²) in [7, 11) is 1.77. The molecule has 0 unspecified atom stereocenters. The molecule has 1 aromatic heterocycles. The number of carbonyl (C=O) groups excluding carboxylic acids is 2. The van der Waals surface area contributed by atoms with Crippen molar-refractivity contribution in [1.29, 1.82) is 0 Å². The van der Waals surface area contributed by atoms with Crippen molar-refractivity contribution in [1.82, 2.24) is 9.88 Å². The standard InChI is InChI=1S/C21H25N3O2/c1-15-5-4-6-16(2)18(15)23-19(25)21(10-11-21)20(26)24(3)14-9-17-7-12-22-13-8-17/h4-8,12-13H,9-11,14H2,1-3H3,(H,23,25). The van der Waals surface area contributed by atoms with Gasteiger partial charge >= 0.3 is 0 Å². The second-order valence-electron chi connectivity index (χ2n) is 7.14. The van der Waals surface area contributed by atoms with Crippen LogP contribution < -0.4 is 5.32 Å². The lowest BCUT2D eigenvalue weighted by Gasteiger charge is -2.24. The van der Waals surface area contributed by atoms with Gasteiger partial charge in [0.1, 0.15) is 5.41 Å². The monoisotopic (exact) mass is 351 g/mol. The van der Waals surface area contributed by atoms with E-state index < -0.39 is 5.41 Å². The van der Waals surface area contributed by atoms with Crippen molar-refractivity contribution in [2.75, 3.05) is 18.9 Å². The van der Waals surface area contributed by atoms with Crippen LogP contribution in [-0.2, 0) is 16.0 Å². The highest BCUT2D eigenvalue weighted by molar-refractivity contribution is 6.13. The highest BCUT2D eigenvalue weighted by Gasteiger charge is 2.57. The average molecular weight is 351 g/mol. The first kappa shape index (κ1) is 18.1. The van der Waals surface area contributed by atoms with E-state index in [-0.39, 0.29) is 11.8 Å². The van der Waals surface area contributed by atoms with Gasteiger partial charge < -0.3 is 10.2 Å². The number of rotatable bonds is 6. The number of hydrogen-bond acceptors (Lipinski definition) is 3. The molecule has 5 nitrogen and oxygen atoms in total. The Morgan fingerprint density at radius 1 is 1.12 bits per heavy atom. The minimum absolute atomic E-state index is 0.0877. The van der Waals surface area contributed by atoms with Crippen LogP contribution in [-0.4, -0.2) is 35.3 Å². The molecule has 0 saturated heterocycles. The van der Waals surface area contributed by atoms with Crippen molar-refractivity contribution < 1.29 is 9.59 Å². The molecule has 1 aromatic carbocycles. The van der Waals surface area contributed by atoms with Crippen LogP contribution in [0.1, 0.15) is 29.5 Å². The Morgan fingerprint density at radius 3 is 2.31 bits per heavy atom. The van der Waals surface area contributed by atoms with Gasteiger partial charge in [0.15, 0.2) is 0 Å². The van der Waals surface area contributed by atoms with E-state index in [4.69, 9.17) is 0 Å². The van der Waals surface area contributed by atoms with Crippen LogP contribution in [0, 0.1) is 19.3 Å². The van der Waals surface area contributed by atoms with Crippen LogP contribution in [0.25, 0.3) is 0 Å². The van der Waals surface area contributed by atoms with Crippen LogP contribution >= 0.6 is 0 Å². The van der Waals surface area contributed by atoms with Gasteiger partial charge in [-0.15, -0.1) is 0 Å². The second kappa shape index (κ2) is 7.28. The van der Waals surface area contributed by atoms with E-state index >= 15 is 0 Å². The third kappa shape index (κ3) is 3.62. The van der Waals surface area contributed by atoms with Gasteiger partial charge in [0.2, 0.25) is 11.8 Å². The summed E-state index contributed by atoms with van der Waals surface area (Å²) < 4.78 is 0. The average Bonchev–Trinajstić information content (AvgIpc) is 3.45. The number of hydrogen-bond donors (Lipinski definition) is 1. The maximum Gasteiger partial charge on any atom is 0.240 e. The quantitative estimate of drug-likeness (QED) is 0.814. The number of amides is 2. The molecule has 1 aliphatic carbocycles. The molecule has 26 heavy (non-hydrogen) atoms. The Bertz CT molecular complexity index is 793. The predicted octanol–water partition coefficient (Wildman–Crippen LogP) is 3.12. The van der Waals surface area contributed by atoms with Gasteiger partial charge in [-0.2, -0.15) is 0 Å². The molecule has 1 fully saturated rings. The minimum Gasteiger partial charge on any atom is -0.344 e.